The molecule has 0 saturated carbocycles. The minimum absolute atomic E-state index is 0.0581. The fourth-order valence-corrected chi connectivity index (χ4v) is 0.549. The molecular formula is C6H8N2O3. The largest absolute Gasteiger partial charge is 0.502 e. The Kier molecular flexibility index (Phi) is 2.10. The van der Waals surface area contributed by atoms with Crippen LogP contribution in [0.1, 0.15) is 6.92 Å². The van der Waals surface area contributed by atoms with Crippen LogP contribution in [0.5, 0.6) is 17.6 Å². The number of aromatic hydroxyl groups is 2. The monoisotopic (exact) mass is 156 g/mol. The number of aromatic nitrogens is 2. The summed E-state index contributed by atoms with van der Waals surface area (Å²) < 4.78 is 4.85. The first-order chi connectivity index (χ1) is 5.24. The molecule has 0 saturated heterocycles. The van der Waals surface area contributed by atoms with Gasteiger partial charge in [-0.1, -0.05) is 0 Å². The van der Waals surface area contributed by atoms with Gasteiger partial charge in [-0.25, -0.2) is 0 Å². The van der Waals surface area contributed by atoms with Crippen LogP contribution >= 0.6 is 0 Å². The van der Waals surface area contributed by atoms with Crippen molar-refractivity contribution in [2.24, 2.45) is 0 Å². The highest BCUT2D eigenvalue weighted by Gasteiger charge is 2.02. The Morgan fingerprint density at radius 2 is 2.27 bits per heavy atom. The summed E-state index contributed by atoms with van der Waals surface area (Å²) in [6.45, 7) is 2.19. The van der Waals surface area contributed by atoms with Gasteiger partial charge in [-0.3, -0.25) is 0 Å². The molecule has 0 amide bonds. The molecule has 0 atom stereocenters. The summed E-state index contributed by atoms with van der Waals surface area (Å²) in [5.41, 5.74) is 0. The molecule has 5 heteroatoms. The summed E-state index contributed by atoms with van der Waals surface area (Å²) in [6.07, 6.45) is 1.08. The normalized spacial score (nSPS) is 9.55. The predicted octanol–water partition coefficient (Wildman–Crippen LogP) is 0.286. The number of hydrogen-bond acceptors (Lipinski definition) is 5. The fourth-order valence-electron chi connectivity index (χ4n) is 0.549. The van der Waals surface area contributed by atoms with Crippen LogP contribution in [-0.4, -0.2) is 26.8 Å². The van der Waals surface area contributed by atoms with Crippen molar-refractivity contribution in [3.05, 3.63) is 6.20 Å². The highest BCUT2D eigenvalue weighted by molar-refractivity contribution is 5.28. The lowest BCUT2D eigenvalue weighted by Gasteiger charge is -2.00. The lowest BCUT2D eigenvalue weighted by Crippen LogP contribution is -1.96. The molecule has 1 rings (SSSR count). The van der Waals surface area contributed by atoms with E-state index in [2.05, 4.69) is 9.97 Å². The molecule has 0 bridgehead atoms. The first-order valence-electron chi connectivity index (χ1n) is 3.11. The number of hydrogen-bond donors (Lipinski definition) is 2. The first-order valence-corrected chi connectivity index (χ1v) is 3.11. The lowest BCUT2D eigenvalue weighted by atomic mass is 10.6. The maximum Gasteiger partial charge on any atom is 0.319 e. The third-order valence-corrected chi connectivity index (χ3v) is 1.00. The Morgan fingerprint density at radius 3 is 2.82 bits per heavy atom. The molecule has 0 unspecified atom stereocenters. The molecule has 0 spiro atoms. The molecule has 1 heterocycles. The van der Waals surface area contributed by atoms with Crippen molar-refractivity contribution in [1.82, 2.24) is 9.97 Å². The summed E-state index contributed by atoms with van der Waals surface area (Å²) in [6, 6.07) is 0.0581. The maximum absolute atomic E-state index is 8.85. The highest BCUT2D eigenvalue weighted by Crippen LogP contribution is 2.21. The number of rotatable bonds is 2. The van der Waals surface area contributed by atoms with E-state index in [4.69, 9.17) is 14.9 Å². The van der Waals surface area contributed by atoms with E-state index in [-0.39, 0.29) is 11.8 Å². The quantitative estimate of drug-likeness (QED) is 0.643. The molecule has 1 aromatic heterocycles. The van der Waals surface area contributed by atoms with Crippen molar-refractivity contribution < 1.29 is 14.9 Å². The Hall–Kier alpha value is -1.52. The van der Waals surface area contributed by atoms with Gasteiger partial charge < -0.3 is 14.9 Å². The second-order valence-corrected chi connectivity index (χ2v) is 1.79. The maximum atomic E-state index is 8.85. The van der Waals surface area contributed by atoms with Crippen LogP contribution in [-0.2, 0) is 0 Å². The molecule has 0 aliphatic rings. The summed E-state index contributed by atoms with van der Waals surface area (Å²) in [4.78, 5) is 7.02. The van der Waals surface area contributed by atoms with E-state index in [1.54, 1.807) is 6.92 Å². The summed E-state index contributed by atoms with van der Waals surface area (Å²) >= 11 is 0. The summed E-state index contributed by atoms with van der Waals surface area (Å²) in [7, 11) is 0. The van der Waals surface area contributed by atoms with E-state index >= 15 is 0 Å². The average molecular weight is 156 g/mol. The van der Waals surface area contributed by atoms with Gasteiger partial charge >= 0.3 is 6.01 Å². The van der Waals surface area contributed by atoms with Crippen molar-refractivity contribution in [2.45, 2.75) is 6.92 Å². The zero-order valence-corrected chi connectivity index (χ0v) is 5.98. The fraction of sp³-hybridized carbons (Fsp3) is 0.333. The molecule has 0 aliphatic carbocycles. The molecule has 60 valence electrons. The van der Waals surface area contributed by atoms with E-state index in [0.29, 0.717) is 6.61 Å². The molecule has 5 nitrogen and oxygen atoms in total. The molecule has 2 N–H and O–H groups in total. The predicted molar refractivity (Wildman–Crippen MR) is 36.5 cm³/mol. The minimum Gasteiger partial charge on any atom is -0.502 e. The van der Waals surface area contributed by atoms with E-state index in [9.17, 15) is 0 Å². The second-order valence-electron chi connectivity index (χ2n) is 1.79. The standard InChI is InChI=1S/C6H8N2O3/c1-2-11-6-7-3-4(9)5(10)8-6/h3,9H,2H2,1H3,(H,7,8,10). The van der Waals surface area contributed by atoms with Gasteiger partial charge in [0.25, 0.3) is 5.88 Å². The Labute approximate surface area is 63.3 Å². The van der Waals surface area contributed by atoms with Crippen LogP contribution in [0.4, 0.5) is 0 Å². The Morgan fingerprint density at radius 1 is 1.55 bits per heavy atom. The van der Waals surface area contributed by atoms with E-state index < -0.39 is 5.88 Å². The van der Waals surface area contributed by atoms with Gasteiger partial charge in [0.05, 0.1) is 12.8 Å². The summed E-state index contributed by atoms with van der Waals surface area (Å²) in [5.74, 6) is -0.822. The third kappa shape index (κ3) is 1.70. The Bertz CT molecular complexity index is 252. The molecule has 11 heavy (non-hydrogen) atoms. The highest BCUT2D eigenvalue weighted by atomic mass is 16.5. The van der Waals surface area contributed by atoms with Crippen molar-refractivity contribution >= 4 is 0 Å². The van der Waals surface area contributed by atoms with Gasteiger partial charge in [0.2, 0.25) is 0 Å². The van der Waals surface area contributed by atoms with Gasteiger partial charge in [0.15, 0.2) is 5.75 Å². The molecule has 1 aromatic rings. The van der Waals surface area contributed by atoms with Crippen molar-refractivity contribution in [3.63, 3.8) is 0 Å². The van der Waals surface area contributed by atoms with Crippen LogP contribution in [0.25, 0.3) is 0 Å². The van der Waals surface area contributed by atoms with Gasteiger partial charge in [-0.2, -0.15) is 9.97 Å². The average Bonchev–Trinajstić information content (AvgIpc) is 1.98. The van der Waals surface area contributed by atoms with Crippen molar-refractivity contribution in [1.29, 1.82) is 0 Å². The van der Waals surface area contributed by atoms with E-state index in [0.717, 1.165) is 6.20 Å². The minimum atomic E-state index is -0.469. The molecule has 0 radical (unpaired) electrons. The zero-order chi connectivity index (χ0) is 8.27. The number of nitrogens with zero attached hydrogens (tertiary/aromatic N) is 2. The van der Waals surface area contributed by atoms with Crippen LogP contribution < -0.4 is 4.74 Å². The van der Waals surface area contributed by atoms with E-state index in [1.165, 1.54) is 0 Å². The van der Waals surface area contributed by atoms with Crippen LogP contribution in [0, 0.1) is 0 Å². The van der Waals surface area contributed by atoms with E-state index in [1.807, 2.05) is 0 Å². The van der Waals surface area contributed by atoms with Crippen molar-refractivity contribution in [3.8, 4) is 17.6 Å². The molecule has 0 aliphatic heterocycles. The van der Waals surface area contributed by atoms with Gasteiger partial charge in [0.1, 0.15) is 0 Å². The summed E-state index contributed by atoms with van der Waals surface area (Å²) in [5, 5.41) is 17.6. The second kappa shape index (κ2) is 3.05. The lowest BCUT2D eigenvalue weighted by molar-refractivity contribution is 0.298. The molecular weight excluding hydrogens is 148 g/mol. The first kappa shape index (κ1) is 7.59. The van der Waals surface area contributed by atoms with Crippen molar-refractivity contribution in [2.75, 3.05) is 6.61 Å². The molecule has 0 fully saturated rings. The van der Waals surface area contributed by atoms with Crippen LogP contribution in [0.3, 0.4) is 0 Å². The van der Waals surface area contributed by atoms with Crippen LogP contribution in [0.15, 0.2) is 6.20 Å². The Balaban J connectivity index is 2.86. The van der Waals surface area contributed by atoms with Gasteiger partial charge in [-0.15, -0.1) is 0 Å². The van der Waals surface area contributed by atoms with Crippen LogP contribution in [0.2, 0.25) is 0 Å². The third-order valence-electron chi connectivity index (χ3n) is 1.00. The molecule has 0 aromatic carbocycles. The SMILES string of the molecule is CCOc1ncc(O)c(O)n1. The van der Waals surface area contributed by atoms with Gasteiger partial charge in [0, 0.05) is 0 Å². The smallest absolute Gasteiger partial charge is 0.319 e. The zero-order valence-electron chi connectivity index (χ0n) is 5.98. The topological polar surface area (TPSA) is 75.5 Å². The van der Waals surface area contributed by atoms with Gasteiger partial charge in [-0.05, 0) is 6.92 Å². The number of ether oxygens (including phenoxy) is 1.